The van der Waals surface area contributed by atoms with E-state index in [-0.39, 0.29) is 24.8 Å². The molecular formula is C14H19Cl2N3. The van der Waals surface area contributed by atoms with Crippen molar-refractivity contribution in [1.82, 2.24) is 10.3 Å². The van der Waals surface area contributed by atoms with Crippen LogP contribution in [0.25, 0.3) is 10.9 Å². The van der Waals surface area contributed by atoms with Crippen LogP contribution in [0.2, 0.25) is 0 Å². The summed E-state index contributed by atoms with van der Waals surface area (Å²) >= 11 is 0. The second kappa shape index (κ2) is 7.53. The number of anilines is 1. The summed E-state index contributed by atoms with van der Waals surface area (Å²) in [5.41, 5.74) is 2.27. The molecule has 1 fully saturated rings. The van der Waals surface area contributed by atoms with E-state index in [1.165, 1.54) is 23.9 Å². The third-order valence-electron chi connectivity index (χ3n) is 3.35. The van der Waals surface area contributed by atoms with Crippen molar-refractivity contribution in [1.29, 1.82) is 0 Å². The molecule has 0 aliphatic carbocycles. The predicted octanol–water partition coefficient (Wildman–Crippen LogP) is 3.24. The molecule has 1 aliphatic rings. The first-order chi connectivity index (χ1) is 8.43. The van der Waals surface area contributed by atoms with Crippen molar-refractivity contribution in [2.75, 3.05) is 18.4 Å². The van der Waals surface area contributed by atoms with Gasteiger partial charge in [0.2, 0.25) is 0 Å². The molecule has 1 saturated heterocycles. The first-order valence-electron chi connectivity index (χ1n) is 6.24. The van der Waals surface area contributed by atoms with Gasteiger partial charge in [-0.2, -0.15) is 0 Å². The van der Waals surface area contributed by atoms with Crippen LogP contribution >= 0.6 is 24.8 Å². The van der Waals surface area contributed by atoms with Crippen molar-refractivity contribution in [2.45, 2.75) is 18.9 Å². The van der Waals surface area contributed by atoms with Crippen LogP contribution in [0.5, 0.6) is 0 Å². The van der Waals surface area contributed by atoms with Gasteiger partial charge in [0.25, 0.3) is 0 Å². The Morgan fingerprint density at radius 2 is 1.79 bits per heavy atom. The summed E-state index contributed by atoms with van der Waals surface area (Å²) in [7, 11) is 0. The van der Waals surface area contributed by atoms with Gasteiger partial charge in [-0.1, -0.05) is 18.2 Å². The number of fused-ring (bicyclic) bond motifs is 1. The quantitative estimate of drug-likeness (QED) is 0.894. The van der Waals surface area contributed by atoms with Gasteiger partial charge in [0.1, 0.15) is 0 Å². The molecule has 2 aromatic rings. The highest BCUT2D eigenvalue weighted by Crippen LogP contribution is 2.23. The second-order valence-electron chi connectivity index (χ2n) is 4.54. The van der Waals surface area contributed by atoms with Crippen LogP contribution in [0.3, 0.4) is 0 Å². The maximum atomic E-state index is 4.38. The smallest absolute Gasteiger partial charge is 0.0722 e. The molecule has 19 heavy (non-hydrogen) atoms. The Balaban J connectivity index is 0.000000902. The number of halogens is 2. The van der Waals surface area contributed by atoms with E-state index >= 15 is 0 Å². The summed E-state index contributed by atoms with van der Waals surface area (Å²) in [6, 6.07) is 10.9. The third-order valence-corrected chi connectivity index (χ3v) is 3.35. The molecule has 2 N–H and O–H groups in total. The molecule has 1 aromatic heterocycles. The van der Waals surface area contributed by atoms with Gasteiger partial charge in [-0.25, -0.2) is 0 Å². The van der Waals surface area contributed by atoms with Crippen molar-refractivity contribution >= 4 is 41.4 Å². The van der Waals surface area contributed by atoms with E-state index in [4.69, 9.17) is 0 Å². The van der Waals surface area contributed by atoms with Crippen LogP contribution in [0.1, 0.15) is 12.8 Å². The normalized spacial score (nSPS) is 15.4. The Hall–Kier alpha value is -1.03. The molecule has 0 bridgehead atoms. The van der Waals surface area contributed by atoms with Gasteiger partial charge < -0.3 is 10.6 Å². The van der Waals surface area contributed by atoms with Gasteiger partial charge in [0.15, 0.2) is 0 Å². The van der Waals surface area contributed by atoms with E-state index in [0.717, 1.165) is 18.6 Å². The molecule has 0 unspecified atom stereocenters. The zero-order valence-corrected chi connectivity index (χ0v) is 12.3. The monoisotopic (exact) mass is 299 g/mol. The van der Waals surface area contributed by atoms with Gasteiger partial charge in [-0.15, -0.1) is 24.8 Å². The first-order valence-corrected chi connectivity index (χ1v) is 6.24. The lowest BCUT2D eigenvalue weighted by molar-refractivity contribution is 0.479. The highest BCUT2D eigenvalue weighted by Gasteiger charge is 2.13. The molecule has 0 spiro atoms. The fourth-order valence-electron chi connectivity index (χ4n) is 2.41. The fraction of sp³-hybridized carbons (Fsp3) is 0.357. The van der Waals surface area contributed by atoms with E-state index in [1.807, 2.05) is 12.3 Å². The number of para-hydroxylation sites is 1. The number of pyridine rings is 1. The number of hydrogen-bond acceptors (Lipinski definition) is 3. The number of aromatic nitrogens is 1. The summed E-state index contributed by atoms with van der Waals surface area (Å²) in [4.78, 5) is 4.38. The summed E-state index contributed by atoms with van der Waals surface area (Å²) in [5, 5.41) is 8.25. The minimum atomic E-state index is 0. The van der Waals surface area contributed by atoms with Crippen molar-refractivity contribution in [3.63, 3.8) is 0 Å². The maximum absolute atomic E-state index is 4.38. The molecule has 3 rings (SSSR count). The Morgan fingerprint density at radius 1 is 1.05 bits per heavy atom. The van der Waals surface area contributed by atoms with Crippen LogP contribution < -0.4 is 10.6 Å². The van der Waals surface area contributed by atoms with Gasteiger partial charge in [-0.3, -0.25) is 4.98 Å². The molecule has 0 saturated carbocycles. The van der Waals surface area contributed by atoms with E-state index in [9.17, 15) is 0 Å². The van der Waals surface area contributed by atoms with Crippen LogP contribution in [0.4, 0.5) is 5.69 Å². The van der Waals surface area contributed by atoms with Gasteiger partial charge in [0, 0.05) is 23.3 Å². The standard InChI is InChI=1S/C14H17N3.2ClH/c1-2-4-13-12(3-1)14(7-10-16-13)17-11-5-8-15-9-6-11;;/h1-4,7,10-11,15H,5-6,8-9H2,(H,16,17);2*1H. The Labute approximate surface area is 126 Å². The van der Waals surface area contributed by atoms with E-state index < -0.39 is 0 Å². The lowest BCUT2D eigenvalue weighted by Gasteiger charge is -2.25. The minimum absolute atomic E-state index is 0. The topological polar surface area (TPSA) is 37.0 Å². The molecule has 5 heteroatoms. The van der Waals surface area contributed by atoms with Crippen molar-refractivity contribution in [3.8, 4) is 0 Å². The average molecular weight is 300 g/mol. The van der Waals surface area contributed by atoms with Crippen LogP contribution in [-0.4, -0.2) is 24.1 Å². The number of piperidine rings is 1. The predicted molar refractivity (Wildman–Crippen MR) is 85.8 cm³/mol. The Morgan fingerprint density at radius 3 is 2.58 bits per heavy atom. The van der Waals surface area contributed by atoms with Crippen molar-refractivity contribution in [3.05, 3.63) is 36.5 Å². The highest BCUT2D eigenvalue weighted by atomic mass is 35.5. The number of nitrogens with zero attached hydrogens (tertiary/aromatic N) is 1. The zero-order chi connectivity index (χ0) is 11.5. The van der Waals surface area contributed by atoms with Gasteiger partial charge in [0.05, 0.1) is 5.52 Å². The Kier molecular flexibility index (Phi) is 6.35. The number of hydrogen-bond donors (Lipinski definition) is 2. The molecular weight excluding hydrogens is 281 g/mol. The SMILES string of the molecule is Cl.Cl.c1ccc2c(NC3CCNCC3)ccnc2c1. The van der Waals surface area contributed by atoms with Gasteiger partial charge in [-0.05, 0) is 38.1 Å². The summed E-state index contributed by atoms with van der Waals surface area (Å²) in [5.74, 6) is 0. The van der Waals surface area contributed by atoms with Gasteiger partial charge >= 0.3 is 0 Å². The zero-order valence-electron chi connectivity index (χ0n) is 10.6. The Bertz CT molecular complexity index is 508. The van der Waals surface area contributed by atoms with Crippen LogP contribution in [0.15, 0.2) is 36.5 Å². The summed E-state index contributed by atoms with van der Waals surface area (Å²) in [6.07, 6.45) is 4.26. The average Bonchev–Trinajstić information content (AvgIpc) is 2.40. The van der Waals surface area contributed by atoms with Crippen LogP contribution in [0, 0.1) is 0 Å². The van der Waals surface area contributed by atoms with Crippen molar-refractivity contribution in [2.24, 2.45) is 0 Å². The largest absolute Gasteiger partial charge is 0.382 e. The molecule has 0 amide bonds. The summed E-state index contributed by atoms with van der Waals surface area (Å²) < 4.78 is 0. The van der Waals surface area contributed by atoms with E-state index in [0.29, 0.717) is 6.04 Å². The highest BCUT2D eigenvalue weighted by molar-refractivity contribution is 5.90. The summed E-state index contributed by atoms with van der Waals surface area (Å²) in [6.45, 7) is 2.22. The lowest BCUT2D eigenvalue weighted by atomic mass is 10.1. The molecule has 104 valence electrons. The third kappa shape index (κ3) is 3.72. The molecule has 1 aliphatic heterocycles. The number of benzene rings is 1. The first kappa shape index (κ1) is 16.0. The molecule has 3 nitrogen and oxygen atoms in total. The molecule has 0 radical (unpaired) electrons. The fourth-order valence-corrected chi connectivity index (χ4v) is 2.41. The lowest BCUT2D eigenvalue weighted by Crippen LogP contribution is -2.35. The van der Waals surface area contributed by atoms with E-state index in [2.05, 4.69) is 39.9 Å². The molecule has 2 heterocycles. The number of rotatable bonds is 2. The molecule has 1 aromatic carbocycles. The minimum Gasteiger partial charge on any atom is -0.382 e. The maximum Gasteiger partial charge on any atom is 0.0722 e. The second-order valence-corrected chi connectivity index (χ2v) is 4.54. The molecule has 0 atom stereocenters. The number of nitrogens with one attached hydrogen (secondary N) is 2. The van der Waals surface area contributed by atoms with Crippen molar-refractivity contribution < 1.29 is 0 Å². The van der Waals surface area contributed by atoms with Crippen LogP contribution in [-0.2, 0) is 0 Å². The van der Waals surface area contributed by atoms with E-state index in [1.54, 1.807) is 0 Å².